The summed E-state index contributed by atoms with van der Waals surface area (Å²) in [6, 6.07) is 7.58. The minimum absolute atomic E-state index is 0.0112. The van der Waals surface area contributed by atoms with E-state index in [-0.39, 0.29) is 11.8 Å². The van der Waals surface area contributed by atoms with Crippen molar-refractivity contribution in [3.05, 3.63) is 51.4 Å². The molecule has 5 heteroatoms. The van der Waals surface area contributed by atoms with Crippen molar-refractivity contribution in [1.29, 1.82) is 0 Å². The zero-order chi connectivity index (χ0) is 15.8. The third-order valence-corrected chi connectivity index (χ3v) is 6.55. The number of amides is 2. The van der Waals surface area contributed by atoms with E-state index in [9.17, 15) is 9.59 Å². The molecule has 0 saturated carbocycles. The summed E-state index contributed by atoms with van der Waals surface area (Å²) < 4.78 is 0. The summed E-state index contributed by atoms with van der Waals surface area (Å²) in [7, 11) is 0. The maximum atomic E-state index is 13.0. The number of rotatable bonds is 0. The first-order valence-corrected chi connectivity index (χ1v) is 8.84. The number of nitrogens with zero attached hydrogens (tertiary/aromatic N) is 1. The molecule has 1 atom stereocenters. The van der Waals surface area contributed by atoms with Gasteiger partial charge in [0.1, 0.15) is 10.7 Å². The molecule has 2 amide bonds. The minimum Gasteiger partial charge on any atom is -0.325 e. The molecule has 1 aromatic heterocycles. The molecule has 0 saturated heterocycles. The molecular formula is C18H16N2O2S. The highest BCUT2D eigenvalue weighted by Crippen LogP contribution is 2.50. The molecule has 2 aromatic rings. The highest BCUT2D eigenvalue weighted by atomic mass is 32.1. The van der Waals surface area contributed by atoms with Gasteiger partial charge in [0.25, 0.3) is 11.8 Å². The molecule has 3 aliphatic rings. The molecule has 1 N–H and O–H groups in total. The number of fused-ring (bicyclic) bond motifs is 7. The number of anilines is 1. The van der Waals surface area contributed by atoms with Crippen molar-refractivity contribution in [2.24, 2.45) is 0 Å². The predicted octanol–water partition coefficient (Wildman–Crippen LogP) is 3.20. The van der Waals surface area contributed by atoms with Crippen LogP contribution < -0.4 is 10.2 Å². The number of thiophene rings is 1. The predicted molar refractivity (Wildman–Crippen MR) is 89.0 cm³/mol. The Kier molecular flexibility index (Phi) is 2.45. The zero-order valence-corrected chi connectivity index (χ0v) is 13.6. The maximum Gasteiger partial charge on any atom is 0.261 e. The SMILES string of the molecule is CC12NC(=O)c3c(sc4c3CCCC4)N1C(=O)c1ccccc12. The van der Waals surface area contributed by atoms with Gasteiger partial charge in [-0.1, -0.05) is 18.2 Å². The molecule has 116 valence electrons. The molecular weight excluding hydrogens is 308 g/mol. The van der Waals surface area contributed by atoms with Gasteiger partial charge in [-0.25, -0.2) is 0 Å². The summed E-state index contributed by atoms with van der Waals surface area (Å²) >= 11 is 1.64. The van der Waals surface area contributed by atoms with E-state index < -0.39 is 5.66 Å². The van der Waals surface area contributed by atoms with Crippen LogP contribution >= 0.6 is 11.3 Å². The van der Waals surface area contributed by atoms with Crippen LogP contribution in [0.4, 0.5) is 5.00 Å². The second-order valence-electron chi connectivity index (χ2n) is 6.60. The molecule has 0 radical (unpaired) electrons. The lowest BCUT2D eigenvalue weighted by molar-refractivity contribution is 0.0868. The van der Waals surface area contributed by atoms with Gasteiger partial charge in [-0.3, -0.25) is 14.5 Å². The van der Waals surface area contributed by atoms with E-state index in [4.69, 9.17) is 0 Å². The van der Waals surface area contributed by atoms with Crippen molar-refractivity contribution in [2.45, 2.75) is 38.3 Å². The van der Waals surface area contributed by atoms with Crippen LogP contribution in [0.3, 0.4) is 0 Å². The van der Waals surface area contributed by atoms with Gasteiger partial charge in [-0.15, -0.1) is 11.3 Å². The summed E-state index contributed by atoms with van der Waals surface area (Å²) in [5.41, 5.74) is 2.71. The van der Waals surface area contributed by atoms with Crippen LogP contribution in [0.15, 0.2) is 24.3 Å². The average molecular weight is 324 g/mol. The lowest BCUT2D eigenvalue weighted by Gasteiger charge is -2.40. The molecule has 1 aliphatic carbocycles. The van der Waals surface area contributed by atoms with Gasteiger partial charge in [0.05, 0.1) is 5.56 Å². The number of aryl methyl sites for hydroxylation is 1. The van der Waals surface area contributed by atoms with Crippen LogP contribution in [0, 0.1) is 0 Å². The minimum atomic E-state index is -0.773. The fourth-order valence-electron chi connectivity index (χ4n) is 4.18. The van der Waals surface area contributed by atoms with E-state index in [2.05, 4.69) is 5.32 Å². The summed E-state index contributed by atoms with van der Waals surface area (Å²) in [6.45, 7) is 1.93. The molecule has 2 aliphatic heterocycles. The molecule has 3 heterocycles. The molecule has 1 aromatic carbocycles. The lowest BCUT2D eigenvalue weighted by Crippen LogP contribution is -2.57. The normalized spacial score (nSPS) is 24.7. The number of benzene rings is 1. The van der Waals surface area contributed by atoms with Crippen LogP contribution in [0.5, 0.6) is 0 Å². The number of carbonyl (C=O) groups excluding carboxylic acids is 2. The highest BCUT2D eigenvalue weighted by molar-refractivity contribution is 7.17. The third kappa shape index (κ3) is 1.51. The fourth-order valence-corrected chi connectivity index (χ4v) is 5.67. The molecule has 5 rings (SSSR count). The number of hydrogen-bond donors (Lipinski definition) is 1. The molecule has 0 spiro atoms. The Morgan fingerprint density at radius 1 is 1.17 bits per heavy atom. The Morgan fingerprint density at radius 2 is 1.96 bits per heavy atom. The quantitative estimate of drug-likeness (QED) is 0.809. The third-order valence-electron chi connectivity index (χ3n) is 5.27. The molecule has 0 bridgehead atoms. The van der Waals surface area contributed by atoms with E-state index in [1.165, 1.54) is 16.9 Å². The molecule has 0 fully saturated rings. The van der Waals surface area contributed by atoms with Gasteiger partial charge in [0.2, 0.25) is 0 Å². The van der Waals surface area contributed by atoms with E-state index in [1.54, 1.807) is 16.2 Å². The number of nitrogens with one attached hydrogen (secondary N) is 1. The van der Waals surface area contributed by atoms with Gasteiger partial charge in [-0.2, -0.15) is 0 Å². The Balaban J connectivity index is 1.78. The average Bonchev–Trinajstić information content (AvgIpc) is 3.02. The highest BCUT2D eigenvalue weighted by Gasteiger charge is 2.53. The Morgan fingerprint density at radius 3 is 2.83 bits per heavy atom. The second-order valence-corrected chi connectivity index (χ2v) is 7.69. The fraction of sp³-hybridized carbons (Fsp3) is 0.333. The van der Waals surface area contributed by atoms with Gasteiger partial charge in [0, 0.05) is 16.0 Å². The van der Waals surface area contributed by atoms with E-state index >= 15 is 0 Å². The topological polar surface area (TPSA) is 49.4 Å². The van der Waals surface area contributed by atoms with E-state index in [0.717, 1.165) is 35.4 Å². The molecule has 4 nitrogen and oxygen atoms in total. The Hall–Kier alpha value is -2.14. The van der Waals surface area contributed by atoms with Crippen molar-refractivity contribution in [3.8, 4) is 0 Å². The summed E-state index contributed by atoms with van der Waals surface area (Å²) in [5, 5.41) is 3.94. The van der Waals surface area contributed by atoms with Crippen LogP contribution in [0.1, 0.15) is 56.5 Å². The van der Waals surface area contributed by atoms with E-state index in [0.29, 0.717) is 5.56 Å². The first-order chi connectivity index (χ1) is 11.1. The van der Waals surface area contributed by atoms with Gasteiger partial charge >= 0.3 is 0 Å². The summed E-state index contributed by atoms with van der Waals surface area (Å²) in [6.07, 6.45) is 4.25. The maximum absolute atomic E-state index is 13.0. The van der Waals surface area contributed by atoms with Gasteiger partial charge in [-0.05, 0) is 44.2 Å². The number of hydrogen-bond acceptors (Lipinski definition) is 3. The van der Waals surface area contributed by atoms with Gasteiger partial charge in [0.15, 0.2) is 0 Å². The van der Waals surface area contributed by atoms with Crippen LogP contribution in [-0.2, 0) is 18.5 Å². The standard InChI is InChI=1S/C18H16N2O2S/c1-18-12-8-4-2-6-10(12)16(22)20(18)17-14(15(21)19-18)11-7-3-5-9-13(11)23-17/h2,4,6,8H,3,5,7,9H2,1H3,(H,19,21). The van der Waals surface area contributed by atoms with Crippen molar-refractivity contribution in [2.75, 3.05) is 4.90 Å². The Bertz CT molecular complexity index is 885. The van der Waals surface area contributed by atoms with Crippen LogP contribution in [0.25, 0.3) is 0 Å². The second kappa shape index (κ2) is 4.23. The van der Waals surface area contributed by atoms with Gasteiger partial charge < -0.3 is 5.32 Å². The molecule has 1 unspecified atom stereocenters. The van der Waals surface area contributed by atoms with E-state index in [1.807, 2.05) is 31.2 Å². The largest absolute Gasteiger partial charge is 0.325 e. The number of carbonyl (C=O) groups is 2. The summed E-state index contributed by atoms with van der Waals surface area (Å²) in [4.78, 5) is 28.9. The smallest absolute Gasteiger partial charge is 0.261 e. The first-order valence-electron chi connectivity index (χ1n) is 8.02. The van der Waals surface area contributed by atoms with Crippen molar-refractivity contribution >= 4 is 28.2 Å². The van der Waals surface area contributed by atoms with Crippen molar-refractivity contribution in [1.82, 2.24) is 5.32 Å². The zero-order valence-electron chi connectivity index (χ0n) is 12.8. The van der Waals surface area contributed by atoms with Crippen LogP contribution in [0.2, 0.25) is 0 Å². The monoisotopic (exact) mass is 324 g/mol. The Labute approximate surface area is 138 Å². The van der Waals surface area contributed by atoms with Crippen molar-refractivity contribution in [3.63, 3.8) is 0 Å². The summed E-state index contributed by atoms with van der Waals surface area (Å²) in [5.74, 6) is -0.0504. The lowest BCUT2D eigenvalue weighted by atomic mass is 9.92. The van der Waals surface area contributed by atoms with Crippen LogP contribution in [-0.4, -0.2) is 11.8 Å². The molecule has 23 heavy (non-hydrogen) atoms. The van der Waals surface area contributed by atoms with Crippen molar-refractivity contribution < 1.29 is 9.59 Å². The first kappa shape index (κ1) is 13.3.